The van der Waals surface area contributed by atoms with Crippen molar-refractivity contribution in [1.29, 1.82) is 5.26 Å². The minimum atomic E-state index is -0.712. The SMILES string of the molecule is CCCC(C#N)C1(O)CCN2CCCC2C1. The molecule has 0 bridgehead atoms. The average molecular weight is 222 g/mol. The number of hydrogen-bond donors (Lipinski definition) is 1. The van der Waals surface area contributed by atoms with Gasteiger partial charge >= 0.3 is 0 Å². The van der Waals surface area contributed by atoms with E-state index in [2.05, 4.69) is 17.9 Å². The first-order chi connectivity index (χ1) is 7.69. The fourth-order valence-electron chi connectivity index (χ4n) is 3.33. The number of rotatable bonds is 3. The minimum Gasteiger partial charge on any atom is -0.388 e. The lowest BCUT2D eigenvalue weighted by molar-refractivity contribution is -0.0658. The third kappa shape index (κ3) is 2.09. The Morgan fingerprint density at radius 3 is 3.06 bits per heavy atom. The minimum absolute atomic E-state index is 0.166. The van der Waals surface area contributed by atoms with Gasteiger partial charge in [0.15, 0.2) is 0 Å². The zero-order valence-corrected chi connectivity index (χ0v) is 10.2. The summed E-state index contributed by atoms with van der Waals surface area (Å²) in [4.78, 5) is 2.48. The van der Waals surface area contributed by atoms with Crippen LogP contribution in [0.25, 0.3) is 0 Å². The summed E-state index contributed by atoms with van der Waals surface area (Å²) in [6, 6.07) is 2.86. The summed E-state index contributed by atoms with van der Waals surface area (Å²) in [6.45, 7) is 4.24. The van der Waals surface area contributed by atoms with E-state index >= 15 is 0 Å². The van der Waals surface area contributed by atoms with E-state index in [1.807, 2.05) is 0 Å². The van der Waals surface area contributed by atoms with Crippen molar-refractivity contribution in [1.82, 2.24) is 4.90 Å². The maximum atomic E-state index is 10.7. The Bertz CT molecular complexity index is 286. The van der Waals surface area contributed by atoms with Crippen LogP contribution in [0, 0.1) is 17.2 Å². The first-order valence-electron chi connectivity index (χ1n) is 6.55. The zero-order valence-electron chi connectivity index (χ0n) is 10.2. The molecule has 0 spiro atoms. The molecule has 0 saturated carbocycles. The van der Waals surface area contributed by atoms with Crippen molar-refractivity contribution in [3.63, 3.8) is 0 Å². The second kappa shape index (κ2) is 4.73. The molecule has 2 aliphatic heterocycles. The summed E-state index contributed by atoms with van der Waals surface area (Å²) in [5.41, 5.74) is -0.712. The number of aliphatic hydroxyl groups is 1. The van der Waals surface area contributed by atoms with Gasteiger partial charge in [-0.15, -0.1) is 0 Å². The maximum Gasteiger partial charge on any atom is 0.0832 e. The predicted octanol–water partition coefficient (Wildman–Crippen LogP) is 1.92. The van der Waals surface area contributed by atoms with Crippen LogP contribution in [0.1, 0.15) is 45.4 Å². The number of nitriles is 1. The van der Waals surface area contributed by atoms with Gasteiger partial charge in [0.1, 0.15) is 0 Å². The standard InChI is InChI=1S/C13H22N2O/c1-2-4-11(10-14)13(16)6-8-15-7-3-5-12(15)9-13/h11-12,16H,2-9H2,1H3. The lowest BCUT2D eigenvalue weighted by atomic mass is 9.75. The molecule has 0 aromatic rings. The second-order valence-electron chi connectivity index (χ2n) is 5.36. The normalized spacial score (nSPS) is 36.7. The van der Waals surface area contributed by atoms with Crippen molar-refractivity contribution < 1.29 is 5.11 Å². The smallest absolute Gasteiger partial charge is 0.0832 e. The van der Waals surface area contributed by atoms with E-state index in [4.69, 9.17) is 0 Å². The summed E-state index contributed by atoms with van der Waals surface area (Å²) in [6.07, 6.45) is 5.86. The molecule has 2 heterocycles. The molecule has 0 aromatic heterocycles. The van der Waals surface area contributed by atoms with Gasteiger partial charge in [0, 0.05) is 12.6 Å². The topological polar surface area (TPSA) is 47.3 Å². The molecule has 0 aromatic carbocycles. The molecule has 2 rings (SSSR count). The molecule has 2 saturated heterocycles. The average Bonchev–Trinajstić information content (AvgIpc) is 2.72. The number of fused-ring (bicyclic) bond motifs is 1. The van der Waals surface area contributed by atoms with Crippen molar-refractivity contribution in [3.05, 3.63) is 0 Å². The third-order valence-electron chi connectivity index (χ3n) is 4.30. The van der Waals surface area contributed by atoms with E-state index in [9.17, 15) is 10.4 Å². The van der Waals surface area contributed by atoms with Gasteiger partial charge in [-0.1, -0.05) is 13.3 Å². The molecule has 3 unspecified atom stereocenters. The maximum absolute atomic E-state index is 10.7. The fourth-order valence-corrected chi connectivity index (χ4v) is 3.33. The molecule has 1 N–H and O–H groups in total. The van der Waals surface area contributed by atoms with Gasteiger partial charge in [0.2, 0.25) is 0 Å². The van der Waals surface area contributed by atoms with Crippen LogP contribution in [0.5, 0.6) is 0 Å². The fraction of sp³-hybridized carbons (Fsp3) is 0.923. The van der Waals surface area contributed by atoms with Gasteiger partial charge in [-0.25, -0.2) is 0 Å². The van der Waals surface area contributed by atoms with Gasteiger partial charge in [0.25, 0.3) is 0 Å². The van der Waals surface area contributed by atoms with E-state index in [1.165, 1.54) is 19.4 Å². The van der Waals surface area contributed by atoms with Gasteiger partial charge < -0.3 is 10.0 Å². The van der Waals surface area contributed by atoms with Crippen LogP contribution in [0.3, 0.4) is 0 Å². The molecular weight excluding hydrogens is 200 g/mol. The first kappa shape index (κ1) is 11.9. The molecule has 3 nitrogen and oxygen atoms in total. The zero-order chi connectivity index (χ0) is 11.6. The molecule has 2 fully saturated rings. The van der Waals surface area contributed by atoms with Crippen LogP contribution in [-0.2, 0) is 0 Å². The summed E-state index contributed by atoms with van der Waals surface area (Å²) < 4.78 is 0. The van der Waals surface area contributed by atoms with Crippen LogP contribution >= 0.6 is 0 Å². The molecule has 3 heteroatoms. The number of hydrogen-bond acceptors (Lipinski definition) is 3. The van der Waals surface area contributed by atoms with Crippen LogP contribution in [-0.4, -0.2) is 34.7 Å². The van der Waals surface area contributed by atoms with Gasteiger partial charge in [-0.2, -0.15) is 5.26 Å². The molecule has 0 amide bonds. The lowest BCUT2D eigenvalue weighted by Gasteiger charge is -2.43. The highest BCUT2D eigenvalue weighted by Gasteiger charge is 2.44. The second-order valence-corrected chi connectivity index (χ2v) is 5.36. The summed E-state index contributed by atoms with van der Waals surface area (Å²) >= 11 is 0. The Morgan fingerprint density at radius 1 is 1.56 bits per heavy atom. The van der Waals surface area contributed by atoms with E-state index < -0.39 is 5.60 Å². The Labute approximate surface area is 98.1 Å². The van der Waals surface area contributed by atoms with Crippen LogP contribution in [0.2, 0.25) is 0 Å². The summed E-state index contributed by atoms with van der Waals surface area (Å²) in [5.74, 6) is -0.166. The van der Waals surface area contributed by atoms with E-state index in [1.54, 1.807) is 0 Å². The van der Waals surface area contributed by atoms with Gasteiger partial charge in [-0.3, -0.25) is 0 Å². The molecule has 2 aliphatic rings. The molecule has 0 radical (unpaired) electrons. The lowest BCUT2D eigenvalue weighted by Crippen LogP contribution is -2.51. The van der Waals surface area contributed by atoms with Crippen molar-refractivity contribution in [2.45, 2.75) is 57.1 Å². The highest BCUT2D eigenvalue weighted by atomic mass is 16.3. The predicted molar refractivity (Wildman–Crippen MR) is 62.8 cm³/mol. The molecule has 0 aliphatic carbocycles. The highest BCUT2D eigenvalue weighted by Crippen LogP contribution is 2.38. The largest absolute Gasteiger partial charge is 0.388 e. The third-order valence-corrected chi connectivity index (χ3v) is 4.30. The Hall–Kier alpha value is -0.590. The Kier molecular flexibility index (Phi) is 3.51. The Morgan fingerprint density at radius 2 is 2.38 bits per heavy atom. The number of piperidine rings is 1. The molecule has 90 valence electrons. The number of nitrogens with zero attached hydrogens (tertiary/aromatic N) is 2. The van der Waals surface area contributed by atoms with Gasteiger partial charge in [-0.05, 0) is 38.6 Å². The summed E-state index contributed by atoms with van der Waals surface area (Å²) in [7, 11) is 0. The quantitative estimate of drug-likeness (QED) is 0.793. The molecule has 16 heavy (non-hydrogen) atoms. The van der Waals surface area contributed by atoms with Crippen molar-refractivity contribution in [2.75, 3.05) is 13.1 Å². The van der Waals surface area contributed by atoms with E-state index in [0.717, 1.165) is 32.2 Å². The van der Waals surface area contributed by atoms with Crippen molar-refractivity contribution in [2.24, 2.45) is 5.92 Å². The van der Waals surface area contributed by atoms with Crippen LogP contribution in [0.15, 0.2) is 0 Å². The van der Waals surface area contributed by atoms with E-state index in [0.29, 0.717) is 6.04 Å². The van der Waals surface area contributed by atoms with Crippen molar-refractivity contribution >= 4 is 0 Å². The first-order valence-corrected chi connectivity index (χ1v) is 6.55. The van der Waals surface area contributed by atoms with E-state index in [-0.39, 0.29) is 5.92 Å². The van der Waals surface area contributed by atoms with Gasteiger partial charge in [0.05, 0.1) is 17.6 Å². The van der Waals surface area contributed by atoms with Crippen LogP contribution in [0.4, 0.5) is 0 Å². The molecular formula is C13H22N2O. The van der Waals surface area contributed by atoms with Crippen molar-refractivity contribution in [3.8, 4) is 6.07 Å². The highest BCUT2D eigenvalue weighted by molar-refractivity contribution is 5.04. The monoisotopic (exact) mass is 222 g/mol. The summed E-state index contributed by atoms with van der Waals surface area (Å²) in [5, 5.41) is 19.9. The van der Waals surface area contributed by atoms with Crippen LogP contribution < -0.4 is 0 Å². The molecule has 3 atom stereocenters. The Balaban J connectivity index is 2.04.